The van der Waals surface area contributed by atoms with Gasteiger partial charge in [0.1, 0.15) is 4.90 Å². The highest BCUT2D eigenvalue weighted by atomic mass is 32.2. The number of nitrogens with zero attached hydrogens (tertiary/aromatic N) is 3. The molecule has 0 spiro atoms. The van der Waals surface area contributed by atoms with Gasteiger partial charge in [0.25, 0.3) is 5.91 Å². The molecule has 24 heavy (non-hydrogen) atoms. The van der Waals surface area contributed by atoms with Crippen LogP contribution in [-0.2, 0) is 17.1 Å². The van der Waals surface area contributed by atoms with Crippen LogP contribution in [0.1, 0.15) is 53.8 Å². The van der Waals surface area contributed by atoms with Crippen LogP contribution in [0.5, 0.6) is 0 Å². The minimum Gasteiger partial charge on any atom is -0.350 e. The van der Waals surface area contributed by atoms with Crippen molar-refractivity contribution >= 4 is 15.9 Å². The summed E-state index contributed by atoms with van der Waals surface area (Å²) in [5.41, 5.74) is 1.77. The monoisotopic (exact) mass is 353 g/mol. The van der Waals surface area contributed by atoms with Crippen molar-refractivity contribution in [2.45, 2.75) is 50.8 Å². The fourth-order valence-electron chi connectivity index (χ4n) is 3.80. The van der Waals surface area contributed by atoms with E-state index in [0.29, 0.717) is 24.3 Å². The largest absolute Gasteiger partial charge is 0.350 e. The van der Waals surface area contributed by atoms with E-state index in [0.717, 1.165) is 50.9 Å². The molecule has 0 aliphatic carbocycles. The van der Waals surface area contributed by atoms with Crippen molar-refractivity contribution < 1.29 is 13.2 Å². The lowest BCUT2D eigenvalue weighted by Gasteiger charge is -2.27. The van der Waals surface area contributed by atoms with Gasteiger partial charge in [0.2, 0.25) is 10.0 Å². The number of carbonyl (C=O) groups excluding carboxylic acids is 1. The van der Waals surface area contributed by atoms with E-state index >= 15 is 0 Å². The van der Waals surface area contributed by atoms with Crippen LogP contribution >= 0.6 is 0 Å². The van der Waals surface area contributed by atoms with Crippen molar-refractivity contribution in [2.24, 2.45) is 7.05 Å². The van der Waals surface area contributed by atoms with Crippen LogP contribution < -0.4 is 0 Å². The Labute approximate surface area is 144 Å². The van der Waals surface area contributed by atoms with Crippen LogP contribution in [0, 0.1) is 13.8 Å². The molecule has 0 unspecified atom stereocenters. The molecule has 0 saturated carbocycles. The summed E-state index contributed by atoms with van der Waals surface area (Å²) in [6.45, 7) is 6.17. The van der Waals surface area contributed by atoms with Crippen LogP contribution in [0.3, 0.4) is 0 Å². The smallest absolute Gasteiger partial charge is 0.257 e. The second-order valence-electron chi connectivity index (χ2n) is 6.90. The highest BCUT2D eigenvalue weighted by molar-refractivity contribution is 7.89. The van der Waals surface area contributed by atoms with E-state index in [4.69, 9.17) is 0 Å². The molecule has 2 aliphatic rings. The normalized spacial score (nSPS) is 19.9. The van der Waals surface area contributed by atoms with Gasteiger partial charge in [-0.15, -0.1) is 0 Å². The maximum Gasteiger partial charge on any atom is 0.257 e. The summed E-state index contributed by atoms with van der Waals surface area (Å²) in [5.74, 6) is -0.131. The number of amides is 1. The van der Waals surface area contributed by atoms with Gasteiger partial charge in [-0.1, -0.05) is 0 Å². The van der Waals surface area contributed by atoms with Crippen molar-refractivity contribution in [1.29, 1.82) is 0 Å². The van der Waals surface area contributed by atoms with Crippen molar-refractivity contribution in [3.63, 3.8) is 0 Å². The number of hydrogen-bond donors (Lipinski definition) is 0. The summed E-state index contributed by atoms with van der Waals surface area (Å²) in [6, 6.07) is 0. The third kappa shape index (κ3) is 2.77. The Hall–Kier alpha value is -1.34. The molecule has 1 aromatic heterocycles. The van der Waals surface area contributed by atoms with Gasteiger partial charge in [0.15, 0.2) is 0 Å². The average Bonchev–Trinajstić information content (AvgIpc) is 3.19. The SMILES string of the molecule is Cc1c(C(=O)N2CCCCC2)c(S(=O)(=O)N2CCCC2)c(C)n1C. The Morgan fingerprint density at radius 1 is 0.875 bits per heavy atom. The van der Waals surface area contributed by atoms with E-state index in [1.54, 1.807) is 6.92 Å². The van der Waals surface area contributed by atoms with Gasteiger partial charge in [-0.05, 0) is 46.0 Å². The summed E-state index contributed by atoms with van der Waals surface area (Å²) in [7, 11) is -1.79. The van der Waals surface area contributed by atoms with Gasteiger partial charge in [-0.2, -0.15) is 4.31 Å². The molecule has 1 aromatic rings. The van der Waals surface area contributed by atoms with Crippen LogP contribution in [0.4, 0.5) is 0 Å². The Bertz CT molecular complexity index is 740. The second-order valence-corrected chi connectivity index (χ2v) is 8.77. The Balaban J connectivity index is 2.09. The Morgan fingerprint density at radius 2 is 1.42 bits per heavy atom. The molecular weight excluding hydrogens is 326 g/mol. The molecule has 0 atom stereocenters. The first kappa shape index (κ1) is 17.5. The number of likely N-dealkylation sites (tertiary alicyclic amines) is 1. The fraction of sp³-hybridized carbons (Fsp3) is 0.706. The molecule has 1 amide bonds. The van der Waals surface area contributed by atoms with Gasteiger partial charge < -0.3 is 9.47 Å². The summed E-state index contributed by atoms with van der Waals surface area (Å²) in [5, 5.41) is 0. The zero-order valence-electron chi connectivity index (χ0n) is 14.8. The highest BCUT2D eigenvalue weighted by Crippen LogP contribution is 2.32. The lowest BCUT2D eigenvalue weighted by Crippen LogP contribution is -2.37. The molecule has 134 valence electrons. The van der Waals surface area contributed by atoms with E-state index < -0.39 is 10.0 Å². The van der Waals surface area contributed by atoms with Crippen molar-refractivity contribution in [3.8, 4) is 0 Å². The van der Waals surface area contributed by atoms with Crippen molar-refractivity contribution in [1.82, 2.24) is 13.8 Å². The molecule has 2 aliphatic heterocycles. The van der Waals surface area contributed by atoms with Crippen LogP contribution in [0.25, 0.3) is 0 Å². The summed E-state index contributed by atoms with van der Waals surface area (Å²) in [4.78, 5) is 15.1. The number of piperidine rings is 1. The molecule has 0 aromatic carbocycles. The molecule has 6 nitrogen and oxygen atoms in total. The van der Waals surface area contributed by atoms with Gasteiger partial charge >= 0.3 is 0 Å². The Kier molecular flexibility index (Phi) is 4.75. The lowest BCUT2D eigenvalue weighted by atomic mass is 10.1. The standard InChI is InChI=1S/C17H27N3O3S/c1-13-15(17(21)19-9-5-4-6-10-19)16(14(2)18(13)3)24(22,23)20-11-7-8-12-20/h4-12H2,1-3H3. The van der Waals surface area contributed by atoms with Gasteiger partial charge in [0.05, 0.1) is 5.56 Å². The predicted octanol–water partition coefficient (Wildman–Crippen LogP) is 2.05. The van der Waals surface area contributed by atoms with E-state index in [2.05, 4.69) is 0 Å². The van der Waals surface area contributed by atoms with Gasteiger partial charge in [-0.3, -0.25) is 4.79 Å². The van der Waals surface area contributed by atoms with E-state index in [9.17, 15) is 13.2 Å². The van der Waals surface area contributed by atoms with E-state index in [1.165, 1.54) is 4.31 Å². The minimum atomic E-state index is -3.62. The first-order valence-corrected chi connectivity index (χ1v) is 10.2. The van der Waals surface area contributed by atoms with Crippen LogP contribution in [0.15, 0.2) is 4.90 Å². The molecule has 2 fully saturated rings. The van der Waals surface area contributed by atoms with Crippen molar-refractivity contribution in [3.05, 3.63) is 17.0 Å². The second kappa shape index (κ2) is 6.52. The molecule has 0 radical (unpaired) electrons. The minimum absolute atomic E-state index is 0.131. The zero-order valence-corrected chi connectivity index (χ0v) is 15.7. The number of aromatic nitrogens is 1. The summed E-state index contributed by atoms with van der Waals surface area (Å²) in [6.07, 6.45) is 4.89. The Morgan fingerprint density at radius 3 is 2.00 bits per heavy atom. The first-order chi connectivity index (χ1) is 11.4. The van der Waals surface area contributed by atoms with E-state index in [-0.39, 0.29) is 10.8 Å². The number of sulfonamides is 1. The quantitative estimate of drug-likeness (QED) is 0.835. The average molecular weight is 353 g/mol. The molecule has 7 heteroatoms. The molecule has 2 saturated heterocycles. The number of hydrogen-bond acceptors (Lipinski definition) is 3. The number of carbonyl (C=O) groups is 1. The van der Waals surface area contributed by atoms with Crippen molar-refractivity contribution in [2.75, 3.05) is 26.2 Å². The molecule has 3 heterocycles. The highest BCUT2D eigenvalue weighted by Gasteiger charge is 2.37. The number of rotatable bonds is 3. The topological polar surface area (TPSA) is 62.6 Å². The third-order valence-corrected chi connectivity index (χ3v) is 7.50. The molecular formula is C17H27N3O3S. The summed E-state index contributed by atoms with van der Waals surface area (Å²) < 4.78 is 29.7. The van der Waals surface area contributed by atoms with Crippen LogP contribution in [0.2, 0.25) is 0 Å². The third-order valence-electron chi connectivity index (χ3n) is 5.44. The fourth-order valence-corrected chi connectivity index (χ4v) is 5.80. The van der Waals surface area contributed by atoms with Gasteiger partial charge in [-0.25, -0.2) is 8.42 Å². The molecule has 0 N–H and O–H groups in total. The van der Waals surface area contributed by atoms with Gasteiger partial charge in [0, 0.05) is 44.6 Å². The summed E-state index contributed by atoms with van der Waals surface area (Å²) >= 11 is 0. The lowest BCUT2D eigenvalue weighted by molar-refractivity contribution is 0.0719. The first-order valence-electron chi connectivity index (χ1n) is 8.81. The maximum absolute atomic E-state index is 13.2. The molecule has 3 rings (SSSR count). The molecule has 0 bridgehead atoms. The van der Waals surface area contributed by atoms with E-state index in [1.807, 2.05) is 23.4 Å². The zero-order chi connectivity index (χ0) is 17.5. The maximum atomic E-state index is 13.2. The van der Waals surface area contributed by atoms with Crippen LogP contribution in [-0.4, -0.2) is 54.3 Å². The predicted molar refractivity (Wildman–Crippen MR) is 92.6 cm³/mol.